The number of nitrogens with one attached hydrogen (secondary N) is 1. The first-order chi connectivity index (χ1) is 13.4. The van der Waals surface area contributed by atoms with Gasteiger partial charge in [0.15, 0.2) is 0 Å². The number of sulfonamides is 1. The highest BCUT2D eigenvalue weighted by atomic mass is 32.2. The summed E-state index contributed by atoms with van der Waals surface area (Å²) < 4.78 is 27.6. The second-order valence-corrected chi connectivity index (χ2v) is 8.30. The summed E-state index contributed by atoms with van der Waals surface area (Å²) in [4.78, 5) is 24.2. The summed E-state index contributed by atoms with van der Waals surface area (Å²) in [5.74, 6) is -0.326. The summed E-state index contributed by atoms with van der Waals surface area (Å²) in [6, 6.07) is 12.4. The predicted molar refractivity (Wildman–Crippen MR) is 109 cm³/mol. The Balaban J connectivity index is 1.97. The van der Waals surface area contributed by atoms with Crippen LogP contribution in [-0.2, 0) is 27.8 Å². The van der Waals surface area contributed by atoms with Crippen molar-refractivity contribution in [2.45, 2.75) is 38.1 Å². The number of aromatic nitrogens is 1. The molecule has 1 N–H and O–H groups in total. The number of carbonyl (C=O) groups is 1. The van der Waals surface area contributed by atoms with Crippen LogP contribution in [0.25, 0.3) is 0 Å². The molecule has 0 fully saturated rings. The largest absolute Gasteiger partial charge is 0.355 e. The summed E-state index contributed by atoms with van der Waals surface area (Å²) >= 11 is 0. The van der Waals surface area contributed by atoms with Crippen LogP contribution >= 0.6 is 0 Å². The summed E-state index contributed by atoms with van der Waals surface area (Å²) in [5, 5.41) is 2.77. The highest BCUT2D eigenvalue weighted by Crippen LogP contribution is 2.13. The highest BCUT2D eigenvalue weighted by molar-refractivity contribution is 7.89. The normalized spacial score (nSPS) is 11.5. The van der Waals surface area contributed by atoms with Gasteiger partial charge in [0.2, 0.25) is 15.9 Å². The smallest absolute Gasteiger partial charge is 0.251 e. The van der Waals surface area contributed by atoms with Crippen LogP contribution in [0.4, 0.5) is 0 Å². The molecule has 1 aromatic heterocycles. The van der Waals surface area contributed by atoms with E-state index in [4.69, 9.17) is 0 Å². The molecule has 0 aliphatic carbocycles. The predicted octanol–water partition coefficient (Wildman–Crippen LogP) is 1.63. The molecule has 0 radical (unpaired) electrons. The van der Waals surface area contributed by atoms with Crippen LogP contribution in [0.2, 0.25) is 0 Å². The summed E-state index contributed by atoms with van der Waals surface area (Å²) in [7, 11) is -3.69. The topological polar surface area (TPSA) is 88.5 Å². The van der Waals surface area contributed by atoms with E-state index in [1.165, 1.54) is 28.2 Å². The Morgan fingerprint density at radius 3 is 2.39 bits per heavy atom. The summed E-state index contributed by atoms with van der Waals surface area (Å²) in [6.45, 7) is 4.44. The molecule has 0 saturated carbocycles. The molecule has 28 heavy (non-hydrogen) atoms. The number of amides is 1. The van der Waals surface area contributed by atoms with Crippen LogP contribution in [0.5, 0.6) is 0 Å². The first-order valence-corrected chi connectivity index (χ1v) is 10.8. The molecular formula is C20H27N3O4S. The minimum absolute atomic E-state index is 0.00711. The van der Waals surface area contributed by atoms with Gasteiger partial charge in [-0.15, -0.1) is 0 Å². The summed E-state index contributed by atoms with van der Waals surface area (Å²) in [6.07, 6.45) is 2.86. The number of aryl methyl sites for hydroxylation is 1. The minimum atomic E-state index is -3.69. The Hall–Kier alpha value is -2.45. The number of benzene rings is 1. The molecule has 1 amide bonds. The molecule has 1 heterocycles. The molecule has 0 saturated heterocycles. The van der Waals surface area contributed by atoms with Gasteiger partial charge in [-0.3, -0.25) is 9.59 Å². The number of carbonyl (C=O) groups excluding carboxylic acids is 1. The van der Waals surface area contributed by atoms with Gasteiger partial charge >= 0.3 is 0 Å². The average Bonchev–Trinajstić information content (AvgIpc) is 2.68. The SMILES string of the molecule is CCN(CC)S(=O)(=O)c1ccc(=O)n(CC(=O)NCCCc2ccccc2)c1. The number of rotatable bonds is 10. The molecule has 7 nitrogen and oxygen atoms in total. The molecule has 1 aromatic carbocycles. The van der Waals surface area contributed by atoms with Gasteiger partial charge < -0.3 is 9.88 Å². The van der Waals surface area contributed by atoms with Crippen molar-refractivity contribution in [3.8, 4) is 0 Å². The lowest BCUT2D eigenvalue weighted by molar-refractivity contribution is -0.121. The lowest BCUT2D eigenvalue weighted by Gasteiger charge is -2.19. The third kappa shape index (κ3) is 5.77. The van der Waals surface area contributed by atoms with Crippen LogP contribution in [-0.4, -0.2) is 42.8 Å². The first-order valence-electron chi connectivity index (χ1n) is 9.39. The van der Waals surface area contributed by atoms with Gasteiger partial charge in [-0.25, -0.2) is 8.42 Å². The number of pyridine rings is 1. The van der Waals surface area contributed by atoms with Gasteiger partial charge in [0.1, 0.15) is 6.54 Å². The maximum Gasteiger partial charge on any atom is 0.251 e. The zero-order valence-corrected chi connectivity index (χ0v) is 17.1. The lowest BCUT2D eigenvalue weighted by Crippen LogP contribution is -2.34. The van der Waals surface area contributed by atoms with E-state index >= 15 is 0 Å². The van der Waals surface area contributed by atoms with Crippen LogP contribution in [0.1, 0.15) is 25.8 Å². The standard InChI is InChI=1S/C20H27N3O4S/c1-3-23(4-2)28(26,27)18-12-13-20(25)22(15-18)16-19(24)21-14-8-11-17-9-6-5-7-10-17/h5-7,9-10,12-13,15H,3-4,8,11,14,16H2,1-2H3,(H,21,24). The maximum atomic E-state index is 12.6. The van der Waals surface area contributed by atoms with Crippen LogP contribution in [0, 0.1) is 0 Å². The van der Waals surface area contributed by atoms with E-state index in [0.29, 0.717) is 19.6 Å². The number of hydrogen-bond acceptors (Lipinski definition) is 4. The van der Waals surface area contributed by atoms with Crippen LogP contribution < -0.4 is 10.9 Å². The Labute approximate surface area is 166 Å². The van der Waals surface area contributed by atoms with Crippen molar-refractivity contribution in [3.63, 3.8) is 0 Å². The van der Waals surface area contributed by atoms with Gasteiger partial charge in [0.05, 0.1) is 4.90 Å². The monoisotopic (exact) mass is 405 g/mol. The van der Waals surface area contributed by atoms with Crippen molar-refractivity contribution in [1.82, 2.24) is 14.2 Å². The molecule has 0 bridgehead atoms. The Kier molecular flexibility index (Phi) is 7.95. The molecule has 2 aromatic rings. The van der Waals surface area contributed by atoms with E-state index in [0.717, 1.165) is 17.4 Å². The van der Waals surface area contributed by atoms with Gasteiger partial charge in [-0.2, -0.15) is 4.31 Å². The van der Waals surface area contributed by atoms with E-state index in [2.05, 4.69) is 5.32 Å². The lowest BCUT2D eigenvalue weighted by atomic mass is 10.1. The Morgan fingerprint density at radius 2 is 1.75 bits per heavy atom. The number of hydrogen-bond donors (Lipinski definition) is 1. The molecule has 0 aliphatic heterocycles. The molecule has 0 aliphatic rings. The molecule has 0 unspecified atom stereocenters. The second kappa shape index (κ2) is 10.2. The third-order valence-corrected chi connectivity index (χ3v) is 6.45. The van der Waals surface area contributed by atoms with Crippen molar-refractivity contribution >= 4 is 15.9 Å². The van der Waals surface area contributed by atoms with E-state index in [-0.39, 0.29) is 17.3 Å². The first kappa shape index (κ1) is 21.8. The van der Waals surface area contributed by atoms with Crippen molar-refractivity contribution in [3.05, 3.63) is 64.6 Å². The zero-order chi connectivity index (χ0) is 20.6. The van der Waals surface area contributed by atoms with Crippen molar-refractivity contribution in [2.24, 2.45) is 0 Å². The van der Waals surface area contributed by atoms with Gasteiger partial charge in [0.25, 0.3) is 5.56 Å². The maximum absolute atomic E-state index is 12.6. The quantitative estimate of drug-likeness (QED) is 0.609. The highest BCUT2D eigenvalue weighted by Gasteiger charge is 2.22. The van der Waals surface area contributed by atoms with E-state index in [1.807, 2.05) is 30.3 Å². The second-order valence-electron chi connectivity index (χ2n) is 6.36. The van der Waals surface area contributed by atoms with Crippen molar-refractivity contribution < 1.29 is 13.2 Å². The van der Waals surface area contributed by atoms with E-state index in [1.54, 1.807) is 13.8 Å². The fraction of sp³-hybridized carbons (Fsp3) is 0.400. The fourth-order valence-corrected chi connectivity index (χ4v) is 4.35. The Morgan fingerprint density at radius 1 is 1.07 bits per heavy atom. The fourth-order valence-electron chi connectivity index (χ4n) is 2.87. The van der Waals surface area contributed by atoms with E-state index < -0.39 is 15.6 Å². The molecule has 152 valence electrons. The van der Waals surface area contributed by atoms with Gasteiger partial charge in [0, 0.05) is 31.9 Å². The minimum Gasteiger partial charge on any atom is -0.355 e. The molecule has 2 rings (SSSR count). The van der Waals surface area contributed by atoms with Gasteiger partial charge in [-0.1, -0.05) is 44.2 Å². The zero-order valence-electron chi connectivity index (χ0n) is 16.3. The van der Waals surface area contributed by atoms with Crippen LogP contribution in [0.15, 0.2) is 58.4 Å². The molecule has 0 atom stereocenters. The molecule has 8 heteroatoms. The van der Waals surface area contributed by atoms with Crippen LogP contribution in [0.3, 0.4) is 0 Å². The van der Waals surface area contributed by atoms with Crippen molar-refractivity contribution in [1.29, 1.82) is 0 Å². The van der Waals surface area contributed by atoms with Gasteiger partial charge in [-0.05, 0) is 24.5 Å². The number of nitrogens with zero attached hydrogens (tertiary/aromatic N) is 2. The van der Waals surface area contributed by atoms with Crippen molar-refractivity contribution in [2.75, 3.05) is 19.6 Å². The third-order valence-electron chi connectivity index (χ3n) is 4.42. The average molecular weight is 406 g/mol. The molecule has 0 spiro atoms. The van der Waals surface area contributed by atoms with E-state index in [9.17, 15) is 18.0 Å². The molecular weight excluding hydrogens is 378 g/mol. The Bertz CT molecular complexity index is 935. The summed E-state index contributed by atoms with van der Waals surface area (Å²) in [5.41, 5.74) is 0.778.